The van der Waals surface area contributed by atoms with E-state index in [1.165, 1.54) is 12.1 Å². The molecule has 0 spiro atoms. The van der Waals surface area contributed by atoms with Gasteiger partial charge in [-0.1, -0.05) is 31.6 Å². The van der Waals surface area contributed by atoms with Crippen LogP contribution in [0.15, 0.2) is 29.8 Å². The summed E-state index contributed by atoms with van der Waals surface area (Å²) in [5.74, 6) is -2.03. The Morgan fingerprint density at radius 3 is 2.61 bits per heavy atom. The van der Waals surface area contributed by atoms with Crippen molar-refractivity contribution >= 4 is 11.8 Å². The highest BCUT2D eigenvalue weighted by molar-refractivity contribution is 5.92. The predicted octanol–water partition coefficient (Wildman–Crippen LogP) is 3.78. The Bertz CT molecular complexity index is 802. The monoisotopic (exact) mass is 390 g/mol. The number of allylic oxidation sites excluding steroid dienone is 1. The summed E-state index contributed by atoms with van der Waals surface area (Å²) in [6.45, 7) is 8.44. The molecule has 1 aromatic rings. The van der Waals surface area contributed by atoms with E-state index in [4.69, 9.17) is 0 Å². The van der Waals surface area contributed by atoms with Gasteiger partial charge in [-0.05, 0) is 56.2 Å². The summed E-state index contributed by atoms with van der Waals surface area (Å²) in [5.41, 5.74) is 1.60. The largest absolute Gasteiger partial charge is 0.349 e. The average Bonchev–Trinajstić information content (AvgIpc) is 3.38. The van der Waals surface area contributed by atoms with Crippen LogP contribution in [0.2, 0.25) is 0 Å². The lowest BCUT2D eigenvalue weighted by molar-refractivity contribution is -0.144. The van der Waals surface area contributed by atoms with Crippen molar-refractivity contribution in [1.29, 1.82) is 0 Å². The van der Waals surface area contributed by atoms with Crippen LogP contribution in [-0.2, 0) is 9.59 Å². The first-order chi connectivity index (χ1) is 13.2. The van der Waals surface area contributed by atoms with Crippen LogP contribution in [0.3, 0.4) is 0 Å². The SMILES string of the molecule is CC(C)=C[C@H]1C(=O)N[C@@H](CC(C)C)CN1C(=O)[C@@H]1C[C@H]1c1ccc(F)c(F)c1. The lowest BCUT2D eigenvalue weighted by Gasteiger charge is -2.39. The van der Waals surface area contributed by atoms with E-state index in [0.29, 0.717) is 24.4 Å². The first-order valence-corrected chi connectivity index (χ1v) is 9.88. The number of nitrogens with zero attached hydrogens (tertiary/aromatic N) is 1. The molecule has 0 radical (unpaired) electrons. The van der Waals surface area contributed by atoms with Gasteiger partial charge in [-0.2, -0.15) is 0 Å². The second kappa shape index (κ2) is 8.02. The average molecular weight is 390 g/mol. The van der Waals surface area contributed by atoms with E-state index in [2.05, 4.69) is 19.2 Å². The quantitative estimate of drug-likeness (QED) is 0.778. The minimum atomic E-state index is -0.896. The van der Waals surface area contributed by atoms with E-state index in [0.717, 1.165) is 18.1 Å². The van der Waals surface area contributed by atoms with E-state index in [-0.39, 0.29) is 29.7 Å². The fraction of sp³-hybridized carbons (Fsp3) is 0.545. The van der Waals surface area contributed by atoms with Crippen LogP contribution in [0.4, 0.5) is 8.78 Å². The maximum absolute atomic E-state index is 13.5. The summed E-state index contributed by atoms with van der Waals surface area (Å²) >= 11 is 0. The number of carbonyl (C=O) groups excluding carboxylic acids is 2. The smallest absolute Gasteiger partial charge is 0.247 e. The highest BCUT2D eigenvalue weighted by atomic mass is 19.2. The summed E-state index contributed by atoms with van der Waals surface area (Å²) in [5, 5.41) is 3.04. The minimum Gasteiger partial charge on any atom is -0.349 e. The van der Waals surface area contributed by atoms with Gasteiger partial charge in [0.1, 0.15) is 6.04 Å². The fourth-order valence-electron chi connectivity index (χ4n) is 4.03. The number of halogens is 2. The van der Waals surface area contributed by atoms with Crippen LogP contribution in [0.25, 0.3) is 0 Å². The number of piperazine rings is 1. The topological polar surface area (TPSA) is 49.4 Å². The molecule has 1 heterocycles. The van der Waals surface area contributed by atoms with Gasteiger partial charge in [0.05, 0.1) is 0 Å². The predicted molar refractivity (Wildman–Crippen MR) is 104 cm³/mol. The molecule has 0 aromatic heterocycles. The molecule has 2 fully saturated rings. The zero-order chi connectivity index (χ0) is 20.6. The number of rotatable bonds is 5. The second-order valence-electron chi connectivity index (χ2n) is 8.64. The molecule has 28 heavy (non-hydrogen) atoms. The normalized spacial score (nSPS) is 26.8. The van der Waals surface area contributed by atoms with Crippen LogP contribution in [0.1, 0.15) is 52.0 Å². The molecule has 1 aliphatic heterocycles. The Morgan fingerprint density at radius 2 is 2.00 bits per heavy atom. The third-order valence-electron chi connectivity index (χ3n) is 5.38. The number of carbonyl (C=O) groups is 2. The molecule has 0 unspecified atom stereocenters. The van der Waals surface area contributed by atoms with Gasteiger partial charge in [-0.3, -0.25) is 9.59 Å². The molecule has 4 atom stereocenters. The summed E-state index contributed by atoms with van der Waals surface area (Å²) in [7, 11) is 0. The van der Waals surface area contributed by atoms with Crippen molar-refractivity contribution in [2.45, 2.75) is 58.5 Å². The third-order valence-corrected chi connectivity index (χ3v) is 5.38. The molecule has 1 N–H and O–H groups in total. The Kier molecular flexibility index (Phi) is 5.87. The molecule has 152 valence electrons. The molecule has 3 rings (SSSR count). The fourth-order valence-corrected chi connectivity index (χ4v) is 4.03. The summed E-state index contributed by atoms with van der Waals surface area (Å²) in [6, 6.07) is 3.12. The number of benzene rings is 1. The molecular formula is C22H28F2N2O2. The van der Waals surface area contributed by atoms with Crippen molar-refractivity contribution in [2.24, 2.45) is 11.8 Å². The van der Waals surface area contributed by atoms with Crippen LogP contribution >= 0.6 is 0 Å². The Labute approximate surface area is 165 Å². The molecular weight excluding hydrogens is 362 g/mol. The van der Waals surface area contributed by atoms with E-state index in [1.54, 1.807) is 4.90 Å². The molecule has 2 amide bonds. The summed E-state index contributed by atoms with van der Waals surface area (Å²) in [6.07, 6.45) is 3.21. The van der Waals surface area contributed by atoms with Crippen molar-refractivity contribution < 1.29 is 18.4 Å². The standard InChI is InChI=1S/C22H28F2N2O2/c1-12(2)7-15-11-26(20(8-13(3)4)21(27)25-15)22(28)17-10-16(17)14-5-6-18(23)19(24)9-14/h5-6,8-9,12,15-17,20H,7,10-11H2,1-4H3,(H,25,27)/t15-,16-,17+,20-/m0/s1. The number of amides is 2. The summed E-state index contributed by atoms with van der Waals surface area (Å²) < 4.78 is 26.7. The number of hydrogen-bond donors (Lipinski definition) is 1. The summed E-state index contributed by atoms with van der Waals surface area (Å²) in [4.78, 5) is 27.6. The highest BCUT2D eigenvalue weighted by Gasteiger charge is 2.49. The molecule has 6 heteroatoms. The molecule has 1 aromatic carbocycles. The Hall–Kier alpha value is -2.24. The van der Waals surface area contributed by atoms with Gasteiger partial charge in [-0.25, -0.2) is 8.78 Å². The van der Waals surface area contributed by atoms with Crippen LogP contribution < -0.4 is 5.32 Å². The number of hydrogen-bond acceptors (Lipinski definition) is 2. The van der Waals surface area contributed by atoms with Gasteiger partial charge in [0.25, 0.3) is 0 Å². The molecule has 0 bridgehead atoms. The first kappa shape index (κ1) is 20.5. The van der Waals surface area contributed by atoms with Gasteiger partial charge in [0.15, 0.2) is 11.6 Å². The maximum Gasteiger partial charge on any atom is 0.247 e. The van der Waals surface area contributed by atoms with Gasteiger partial charge in [0.2, 0.25) is 11.8 Å². The van der Waals surface area contributed by atoms with Crippen molar-refractivity contribution in [2.75, 3.05) is 6.54 Å². The maximum atomic E-state index is 13.5. The van der Waals surface area contributed by atoms with Crippen molar-refractivity contribution in [3.63, 3.8) is 0 Å². The molecule has 2 aliphatic rings. The van der Waals surface area contributed by atoms with Gasteiger partial charge >= 0.3 is 0 Å². The van der Waals surface area contributed by atoms with Gasteiger partial charge in [0, 0.05) is 18.5 Å². The van der Waals surface area contributed by atoms with E-state index in [9.17, 15) is 18.4 Å². The number of nitrogens with one attached hydrogen (secondary N) is 1. The van der Waals surface area contributed by atoms with Gasteiger partial charge in [-0.15, -0.1) is 0 Å². The molecule has 1 saturated heterocycles. The highest BCUT2D eigenvalue weighted by Crippen LogP contribution is 2.49. The van der Waals surface area contributed by atoms with E-state index in [1.807, 2.05) is 19.9 Å². The van der Waals surface area contributed by atoms with Crippen LogP contribution in [0.5, 0.6) is 0 Å². The lowest BCUT2D eigenvalue weighted by Crippen LogP contribution is -2.61. The second-order valence-corrected chi connectivity index (χ2v) is 8.64. The van der Waals surface area contributed by atoms with Crippen molar-refractivity contribution in [3.8, 4) is 0 Å². The van der Waals surface area contributed by atoms with Crippen molar-refractivity contribution in [3.05, 3.63) is 47.0 Å². The first-order valence-electron chi connectivity index (χ1n) is 9.88. The third kappa shape index (κ3) is 4.42. The van der Waals surface area contributed by atoms with Crippen LogP contribution in [0, 0.1) is 23.5 Å². The molecule has 1 saturated carbocycles. The Balaban J connectivity index is 1.79. The lowest BCUT2D eigenvalue weighted by atomic mass is 9.97. The zero-order valence-electron chi connectivity index (χ0n) is 16.8. The minimum absolute atomic E-state index is 0.0706. The zero-order valence-corrected chi connectivity index (χ0v) is 16.8. The molecule has 4 nitrogen and oxygen atoms in total. The Morgan fingerprint density at radius 1 is 1.29 bits per heavy atom. The molecule has 1 aliphatic carbocycles. The van der Waals surface area contributed by atoms with Gasteiger partial charge < -0.3 is 10.2 Å². The van der Waals surface area contributed by atoms with Crippen molar-refractivity contribution in [1.82, 2.24) is 10.2 Å². The van der Waals surface area contributed by atoms with Crippen LogP contribution in [-0.4, -0.2) is 35.3 Å². The van der Waals surface area contributed by atoms with E-state index >= 15 is 0 Å². The van der Waals surface area contributed by atoms with E-state index < -0.39 is 17.7 Å².